The molecule has 4 atom stereocenters. The summed E-state index contributed by atoms with van der Waals surface area (Å²) in [5.41, 5.74) is 1.85. The number of amides is 1. The minimum Gasteiger partial charge on any atom is -0.497 e. The van der Waals surface area contributed by atoms with E-state index in [1.807, 2.05) is 54.3 Å². The summed E-state index contributed by atoms with van der Waals surface area (Å²) in [6, 6.07) is 16.4. The highest BCUT2D eigenvalue weighted by Crippen LogP contribution is 2.59. The Morgan fingerprint density at radius 1 is 1.16 bits per heavy atom. The van der Waals surface area contributed by atoms with Gasteiger partial charge in [-0.1, -0.05) is 60.7 Å². The van der Waals surface area contributed by atoms with Gasteiger partial charge in [0, 0.05) is 44.3 Å². The number of aliphatic hydroxyl groups is 1. The third kappa shape index (κ3) is 4.09. The number of fused-ring (bicyclic) bond motifs is 2. The fourth-order valence-corrected chi connectivity index (χ4v) is 10.6. The molecule has 9 heteroatoms. The van der Waals surface area contributed by atoms with Gasteiger partial charge in [0.25, 0.3) is 5.91 Å². The first kappa shape index (κ1) is 25.6. The van der Waals surface area contributed by atoms with Crippen molar-refractivity contribution in [1.29, 1.82) is 0 Å². The number of hydrogen-bond acceptors (Lipinski definition) is 6. The van der Waals surface area contributed by atoms with E-state index in [4.69, 9.17) is 9.47 Å². The molecule has 1 fully saturated rings. The van der Waals surface area contributed by atoms with Gasteiger partial charge in [-0.3, -0.25) is 9.48 Å². The highest BCUT2D eigenvalue weighted by molar-refractivity contribution is 6.91. The van der Waals surface area contributed by atoms with Crippen molar-refractivity contribution < 1.29 is 19.4 Å². The Morgan fingerprint density at radius 3 is 2.59 bits per heavy atom. The van der Waals surface area contributed by atoms with Crippen molar-refractivity contribution >= 4 is 24.9 Å². The van der Waals surface area contributed by atoms with Crippen LogP contribution in [-0.2, 0) is 28.1 Å². The topological polar surface area (TPSA) is 89.7 Å². The Morgan fingerprint density at radius 2 is 1.89 bits per heavy atom. The van der Waals surface area contributed by atoms with Gasteiger partial charge < -0.3 is 19.5 Å². The lowest BCUT2D eigenvalue weighted by molar-refractivity contribution is -0.145. The summed E-state index contributed by atoms with van der Waals surface area (Å²) in [7, 11) is 1.38. The normalized spacial score (nSPS) is 25.2. The number of aliphatic hydroxyl groups excluding tert-OH is 1. The van der Waals surface area contributed by atoms with Gasteiger partial charge in [0.2, 0.25) is 0 Å². The molecule has 1 aromatic heterocycles. The van der Waals surface area contributed by atoms with Gasteiger partial charge in [0.05, 0.1) is 32.7 Å². The highest BCUT2D eigenvalue weighted by atomic mass is 28.3. The van der Waals surface area contributed by atoms with Crippen LogP contribution >= 0.6 is 0 Å². The first-order valence-electron chi connectivity index (χ1n) is 12.9. The second-order valence-electron chi connectivity index (χ2n) is 10.8. The number of carbonyl (C=O) groups excluding carboxylic acids is 1. The van der Waals surface area contributed by atoms with Crippen LogP contribution < -0.4 is 14.8 Å². The van der Waals surface area contributed by atoms with Gasteiger partial charge in [0.1, 0.15) is 5.75 Å². The lowest BCUT2D eigenvalue weighted by Gasteiger charge is -2.37. The van der Waals surface area contributed by atoms with Crippen molar-refractivity contribution in [2.75, 3.05) is 25.7 Å². The number of nitrogens with zero attached hydrogens (tertiary/aromatic N) is 4. The fraction of sp³-hybridized carbons (Fsp3) is 0.464. The van der Waals surface area contributed by atoms with Crippen LogP contribution in [0.2, 0.25) is 18.6 Å². The molecule has 0 aliphatic carbocycles. The summed E-state index contributed by atoms with van der Waals surface area (Å²) in [5.74, 6) is 0.837. The van der Waals surface area contributed by atoms with Gasteiger partial charge >= 0.3 is 0 Å². The van der Waals surface area contributed by atoms with Crippen LogP contribution in [0.1, 0.15) is 24.6 Å². The molecule has 2 aliphatic heterocycles. The molecule has 196 valence electrons. The molecular weight excluding hydrogens is 484 g/mol. The van der Waals surface area contributed by atoms with E-state index >= 15 is 0 Å². The molecule has 0 unspecified atom stereocenters. The Bertz CT molecular complexity index is 1280. The zero-order chi connectivity index (χ0) is 26.4. The molecule has 1 saturated heterocycles. The Balaban J connectivity index is 1.53. The molecule has 0 bridgehead atoms. The molecule has 1 spiro atoms. The van der Waals surface area contributed by atoms with E-state index in [2.05, 4.69) is 42.5 Å². The minimum absolute atomic E-state index is 0.0132. The van der Waals surface area contributed by atoms with Gasteiger partial charge in [-0.25, -0.2) is 0 Å². The van der Waals surface area contributed by atoms with E-state index in [1.165, 1.54) is 5.19 Å². The van der Waals surface area contributed by atoms with Crippen molar-refractivity contribution in [3.63, 3.8) is 0 Å². The van der Waals surface area contributed by atoms with Gasteiger partial charge in [-0.05, 0) is 30.2 Å². The number of ether oxygens (including phenoxy) is 2. The third-order valence-corrected chi connectivity index (χ3v) is 12.8. The number of hydrogen-bond donors (Lipinski definition) is 1. The lowest BCUT2D eigenvalue weighted by Crippen LogP contribution is -2.51. The number of para-hydroxylation sites is 1. The first-order valence-corrected chi connectivity index (χ1v) is 16.0. The number of benzene rings is 2. The lowest BCUT2D eigenvalue weighted by atomic mass is 9.82. The van der Waals surface area contributed by atoms with Crippen molar-refractivity contribution in [2.24, 2.45) is 5.92 Å². The van der Waals surface area contributed by atoms with Crippen LogP contribution in [0.15, 0.2) is 54.7 Å². The van der Waals surface area contributed by atoms with Crippen molar-refractivity contribution in [1.82, 2.24) is 15.0 Å². The van der Waals surface area contributed by atoms with Gasteiger partial charge in [0.15, 0.2) is 5.60 Å². The second-order valence-corrected chi connectivity index (χ2v) is 15.5. The van der Waals surface area contributed by atoms with Crippen LogP contribution in [-0.4, -0.2) is 60.9 Å². The quantitative estimate of drug-likeness (QED) is 0.459. The molecule has 2 aliphatic rings. The highest BCUT2D eigenvalue weighted by Gasteiger charge is 2.65. The largest absolute Gasteiger partial charge is 0.497 e. The number of methoxy groups -OCH3 is 1. The number of aromatic nitrogens is 3. The number of likely N-dealkylation sites (N-methyl/N-ethyl adjacent to an activating group) is 1. The van der Waals surface area contributed by atoms with Gasteiger partial charge in [-0.15, -0.1) is 5.10 Å². The van der Waals surface area contributed by atoms with Crippen LogP contribution in [0.5, 0.6) is 5.75 Å². The van der Waals surface area contributed by atoms with E-state index in [-0.39, 0.29) is 30.1 Å². The molecule has 1 N–H and O–H groups in total. The number of anilines is 1. The van der Waals surface area contributed by atoms with Gasteiger partial charge in [-0.2, -0.15) is 0 Å². The molecule has 2 aromatic carbocycles. The Kier molecular flexibility index (Phi) is 6.72. The maximum absolute atomic E-state index is 13.9. The zero-order valence-corrected chi connectivity index (χ0v) is 23.2. The summed E-state index contributed by atoms with van der Waals surface area (Å²) in [6.07, 6.45) is 2.95. The average molecular weight is 521 g/mol. The monoisotopic (exact) mass is 520 g/mol. The first-order chi connectivity index (χ1) is 17.7. The standard InChI is InChI=1S/C28H36N4O4Si/c1-19-26(37(4,5)22-12-10-21(35-3)11-13-22)25(14-16-32-18-20(15-17-33)29-30-32)36-28(19)23-8-6-7-9-24(23)31(2)27(28)34/h6-13,18-19,25-26,33H,14-17H2,1-5H3/t19-,25+,26-,28+/m0/s1. The molecule has 8 nitrogen and oxygen atoms in total. The smallest absolute Gasteiger partial charge is 0.264 e. The fourth-order valence-electron chi connectivity index (χ4n) is 6.58. The second kappa shape index (κ2) is 9.70. The molecule has 0 saturated carbocycles. The maximum atomic E-state index is 13.9. The number of rotatable bonds is 8. The molecule has 37 heavy (non-hydrogen) atoms. The molecule has 5 rings (SSSR count). The molecular formula is C28H36N4O4Si. The third-order valence-electron chi connectivity index (χ3n) is 8.47. The van der Waals surface area contributed by atoms with Crippen LogP contribution in [0.4, 0.5) is 5.69 Å². The predicted molar refractivity (Wildman–Crippen MR) is 145 cm³/mol. The summed E-state index contributed by atoms with van der Waals surface area (Å²) in [6.45, 7) is 7.64. The van der Waals surface area contributed by atoms with E-state index < -0.39 is 13.7 Å². The summed E-state index contributed by atoms with van der Waals surface area (Å²) in [4.78, 5) is 15.7. The van der Waals surface area contributed by atoms with E-state index in [0.29, 0.717) is 19.4 Å². The zero-order valence-electron chi connectivity index (χ0n) is 22.2. The van der Waals surface area contributed by atoms with Crippen molar-refractivity contribution in [3.05, 3.63) is 66.0 Å². The number of carbonyl (C=O) groups is 1. The van der Waals surface area contributed by atoms with E-state index in [9.17, 15) is 9.90 Å². The van der Waals surface area contributed by atoms with Crippen molar-refractivity contribution in [2.45, 2.75) is 56.7 Å². The predicted octanol–water partition coefficient (Wildman–Crippen LogP) is 3.10. The SMILES string of the molecule is COc1ccc([Si](C)(C)[C@@H]2[C@@H](CCn3cc(CCO)nn3)O[C@]3(C(=O)N(C)c4ccccc43)[C@H]2C)cc1. The summed E-state index contributed by atoms with van der Waals surface area (Å²) < 4.78 is 14.2. The molecule has 1 amide bonds. The minimum atomic E-state index is -2.15. The summed E-state index contributed by atoms with van der Waals surface area (Å²) >= 11 is 0. The van der Waals surface area contributed by atoms with Crippen molar-refractivity contribution in [3.8, 4) is 5.75 Å². The maximum Gasteiger partial charge on any atom is 0.264 e. The van der Waals surface area contributed by atoms with E-state index in [1.54, 1.807) is 12.0 Å². The van der Waals surface area contributed by atoms with E-state index in [0.717, 1.165) is 22.7 Å². The van der Waals surface area contributed by atoms with Crippen LogP contribution in [0.25, 0.3) is 0 Å². The summed E-state index contributed by atoms with van der Waals surface area (Å²) in [5, 5.41) is 19.0. The average Bonchev–Trinajstić information content (AvgIpc) is 3.54. The number of aryl methyl sites for hydroxylation is 1. The van der Waals surface area contributed by atoms with Crippen LogP contribution in [0.3, 0.4) is 0 Å². The molecule has 0 radical (unpaired) electrons. The Labute approximate surface area is 219 Å². The molecule has 3 aromatic rings. The Hall–Kier alpha value is -3.01. The van der Waals surface area contributed by atoms with Crippen LogP contribution in [0, 0.1) is 5.92 Å². The molecule has 3 heterocycles.